The van der Waals surface area contributed by atoms with Gasteiger partial charge in [0.1, 0.15) is 0 Å². The van der Waals surface area contributed by atoms with Crippen LogP contribution in [0.2, 0.25) is 0 Å². The number of hydrogen-bond acceptors (Lipinski definition) is 4. The molecule has 2 N–H and O–H groups in total. The van der Waals surface area contributed by atoms with Crippen molar-refractivity contribution in [1.82, 2.24) is 9.97 Å². The Hall–Kier alpha value is -1.91. The van der Waals surface area contributed by atoms with E-state index in [0.29, 0.717) is 12.4 Å². The second-order valence-corrected chi connectivity index (χ2v) is 2.84. The highest BCUT2D eigenvalue weighted by Crippen LogP contribution is 2.07. The van der Waals surface area contributed by atoms with Gasteiger partial charge in [-0.25, -0.2) is 14.8 Å². The van der Waals surface area contributed by atoms with Crippen LogP contribution in [0.25, 0.3) is 0 Å². The van der Waals surface area contributed by atoms with E-state index in [1.807, 2.05) is 19.1 Å². The van der Waals surface area contributed by atoms with Gasteiger partial charge in [0.25, 0.3) is 0 Å². The van der Waals surface area contributed by atoms with Crippen molar-refractivity contribution in [3.05, 3.63) is 30.2 Å². The fourth-order valence-electron chi connectivity index (χ4n) is 1.06. The van der Waals surface area contributed by atoms with E-state index in [4.69, 9.17) is 5.11 Å². The minimum Gasteiger partial charge on any atom is -0.476 e. The lowest BCUT2D eigenvalue weighted by Crippen LogP contribution is -2.10. The first-order valence-electron chi connectivity index (χ1n) is 4.65. The van der Waals surface area contributed by atoms with E-state index in [9.17, 15) is 4.79 Å². The number of nitrogens with zero attached hydrogens (tertiary/aromatic N) is 2. The van der Waals surface area contributed by atoms with E-state index in [0.717, 1.165) is 6.42 Å². The molecule has 5 nitrogen and oxygen atoms in total. The van der Waals surface area contributed by atoms with Crippen molar-refractivity contribution in [2.45, 2.75) is 13.3 Å². The van der Waals surface area contributed by atoms with Gasteiger partial charge in [0.2, 0.25) is 0 Å². The lowest BCUT2D eigenvalue weighted by molar-refractivity contribution is 0.0691. The molecule has 0 aliphatic carbocycles. The molecule has 0 unspecified atom stereocenters. The summed E-state index contributed by atoms with van der Waals surface area (Å²) < 4.78 is 0. The number of rotatable bonds is 5. The van der Waals surface area contributed by atoms with Crippen LogP contribution in [0, 0.1) is 0 Å². The van der Waals surface area contributed by atoms with Gasteiger partial charge >= 0.3 is 5.97 Å². The third-order valence-electron chi connectivity index (χ3n) is 1.74. The Balaban J connectivity index is 2.63. The monoisotopic (exact) mass is 207 g/mol. The fraction of sp³-hybridized carbons (Fsp3) is 0.300. The van der Waals surface area contributed by atoms with Gasteiger partial charge in [-0.1, -0.05) is 12.2 Å². The van der Waals surface area contributed by atoms with Crippen LogP contribution in [0.15, 0.2) is 24.5 Å². The summed E-state index contributed by atoms with van der Waals surface area (Å²) in [4.78, 5) is 18.4. The highest BCUT2D eigenvalue weighted by Gasteiger charge is 2.11. The lowest BCUT2D eigenvalue weighted by atomic mass is 10.3. The number of aromatic carboxylic acids is 1. The van der Waals surface area contributed by atoms with Gasteiger partial charge in [-0.2, -0.15) is 0 Å². The van der Waals surface area contributed by atoms with Crippen molar-refractivity contribution in [2.24, 2.45) is 0 Å². The van der Waals surface area contributed by atoms with Gasteiger partial charge in [0.15, 0.2) is 11.5 Å². The standard InChI is InChI=1S/C10H13N3O2/c1-2-3-4-5-12-9-8(10(14)15)11-6-7-13-9/h2-3,6-7H,4-5H2,1H3,(H,12,13)(H,14,15)/b3-2+. The van der Waals surface area contributed by atoms with Crippen LogP contribution >= 0.6 is 0 Å². The van der Waals surface area contributed by atoms with Crippen LogP contribution in [-0.4, -0.2) is 27.6 Å². The molecule has 15 heavy (non-hydrogen) atoms. The Morgan fingerprint density at radius 1 is 1.53 bits per heavy atom. The quantitative estimate of drug-likeness (QED) is 0.566. The maximum atomic E-state index is 10.8. The average molecular weight is 207 g/mol. The molecular weight excluding hydrogens is 194 g/mol. The first kappa shape index (κ1) is 11.2. The van der Waals surface area contributed by atoms with E-state index in [1.54, 1.807) is 0 Å². The molecule has 5 heteroatoms. The number of carboxylic acids is 1. The summed E-state index contributed by atoms with van der Waals surface area (Å²) in [6.07, 6.45) is 7.58. The molecule has 0 amide bonds. The minimum absolute atomic E-state index is 0.0435. The molecule has 0 saturated heterocycles. The van der Waals surface area contributed by atoms with Crippen molar-refractivity contribution in [3.63, 3.8) is 0 Å². The summed E-state index contributed by atoms with van der Waals surface area (Å²) in [6, 6.07) is 0. The van der Waals surface area contributed by atoms with Crippen LogP contribution in [0.1, 0.15) is 23.8 Å². The summed E-state index contributed by atoms with van der Waals surface area (Å²) in [5.74, 6) is -0.758. The molecule has 0 aliphatic heterocycles. The van der Waals surface area contributed by atoms with Crippen LogP contribution in [-0.2, 0) is 0 Å². The second-order valence-electron chi connectivity index (χ2n) is 2.84. The Morgan fingerprint density at radius 3 is 2.93 bits per heavy atom. The molecule has 1 aromatic rings. The molecule has 0 spiro atoms. The molecule has 0 aromatic carbocycles. The fourth-order valence-corrected chi connectivity index (χ4v) is 1.06. The maximum absolute atomic E-state index is 10.8. The first-order valence-corrected chi connectivity index (χ1v) is 4.65. The summed E-state index contributed by atoms with van der Waals surface area (Å²) >= 11 is 0. The second kappa shape index (κ2) is 5.74. The van der Waals surface area contributed by atoms with Crippen molar-refractivity contribution < 1.29 is 9.90 Å². The molecule has 0 bridgehead atoms. The zero-order valence-electron chi connectivity index (χ0n) is 8.47. The molecule has 0 atom stereocenters. The molecule has 0 fully saturated rings. The predicted octanol–water partition coefficient (Wildman–Crippen LogP) is 1.55. The number of allylic oxidation sites excluding steroid dienone is 1. The van der Waals surface area contributed by atoms with Crippen molar-refractivity contribution in [3.8, 4) is 0 Å². The highest BCUT2D eigenvalue weighted by atomic mass is 16.4. The zero-order chi connectivity index (χ0) is 11.1. The number of aromatic nitrogens is 2. The molecule has 1 rings (SSSR count). The molecular formula is C10H13N3O2. The van der Waals surface area contributed by atoms with Gasteiger partial charge in [0, 0.05) is 18.9 Å². The number of nitrogens with one attached hydrogen (secondary N) is 1. The van der Waals surface area contributed by atoms with Crippen LogP contribution in [0.5, 0.6) is 0 Å². The molecule has 0 saturated carbocycles. The number of anilines is 1. The smallest absolute Gasteiger partial charge is 0.358 e. The largest absolute Gasteiger partial charge is 0.476 e. The average Bonchev–Trinajstić information content (AvgIpc) is 2.25. The van der Waals surface area contributed by atoms with Gasteiger partial charge in [-0.15, -0.1) is 0 Å². The molecule has 0 aliphatic rings. The van der Waals surface area contributed by atoms with Gasteiger partial charge in [0.05, 0.1) is 0 Å². The Morgan fingerprint density at radius 2 is 2.27 bits per heavy atom. The summed E-state index contributed by atoms with van der Waals surface area (Å²) in [6.45, 7) is 2.58. The minimum atomic E-state index is -1.07. The van der Waals surface area contributed by atoms with E-state index in [2.05, 4.69) is 15.3 Å². The van der Waals surface area contributed by atoms with E-state index in [1.165, 1.54) is 12.4 Å². The van der Waals surface area contributed by atoms with Crippen molar-refractivity contribution >= 4 is 11.8 Å². The number of carboxylic acid groups (broad SMARTS) is 1. The Bertz CT molecular complexity index is 363. The predicted molar refractivity (Wildman–Crippen MR) is 56.9 cm³/mol. The van der Waals surface area contributed by atoms with Gasteiger partial charge < -0.3 is 10.4 Å². The van der Waals surface area contributed by atoms with Crippen LogP contribution in [0.3, 0.4) is 0 Å². The number of hydrogen-bond donors (Lipinski definition) is 2. The lowest BCUT2D eigenvalue weighted by Gasteiger charge is -2.05. The van der Waals surface area contributed by atoms with E-state index >= 15 is 0 Å². The molecule has 0 radical (unpaired) electrons. The van der Waals surface area contributed by atoms with Crippen molar-refractivity contribution in [1.29, 1.82) is 0 Å². The normalized spacial score (nSPS) is 10.5. The molecule has 1 heterocycles. The SMILES string of the molecule is C/C=C/CCNc1nccnc1C(=O)O. The molecule has 1 aromatic heterocycles. The van der Waals surface area contributed by atoms with Crippen LogP contribution < -0.4 is 5.32 Å². The number of carbonyl (C=O) groups is 1. The molecule has 80 valence electrons. The first-order chi connectivity index (χ1) is 7.25. The van der Waals surface area contributed by atoms with E-state index < -0.39 is 5.97 Å². The topological polar surface area (TPSA) is 75.1 Å². The van der Waals surface area contributed by atoms with Crippen molar-refractivity contribution in [2.75, 3.05) is 11.9 Å². The Labute approximate surface area is 87.9 Å². The summed E-state index contributed by atoms with van der Waals surface area (Å²) in [5, 5.41) is 11.7. The summed E-state index contributed by atoms with van der Waals surface area (Å²) in [5.41, 5.74) is -0.0435. The maximum Gasteiger partial charge on any atom is 0.358 e. The van der Waals surface area contributed by atoms with Gasteiger partial charge in [-0.3, -0.25) is 0 Å². The Kier molecular flexibility index (Phi) is 4.28. The third-order valence-corrected chi connectivity index (χ3v) is 1.74. The van der Waals surface area contributed by atoms with Gasteiger partial charge in [-0.05, 0) is 13.3 Å². The van der Waals surface area contributed by atoms with Crippen LogP contribution in [0.4, 0.5) is 5.82 Å². The zero-order valence-corrected chi connectivity index (χ0v) is 8.47. The highest BCUT2D eigenvalue weighted by molar-refractivity contribution is 5.90. The van der Waals surface area contributed by atoms with E-state index in [-0.39, 0.29) is 5.69 Å². The summed E-state index contributed by atoms with van der Waals surface area (Å²) in [7, 11) is 0. The third kappa shape index (κ3) is 3.38.